The second kappa shape index (κ2) is 6.29. The van der Waals surface area contributed by atoms with Crippen LogP contribution in [0.15, 0.2) is 66.2 Å². The van der Waals surface area contributed by atoms with Crippen molar-refractivity contribution < 1.29 is 0 Å². The first-order valence-electron chi connectivity index (χ1n) is 7.67. The van der Waals surface area contributed by atoms with E-state index in [1.807, 2.05) is 35.7 Å². The molecule has 0 saturated carbocycles. The molecule has 0 bridgehead atoms. The van der Waals surface area contributed by atoms with Crippen LogP contribution in [0.5, 0.6) is 0 Å². The number of nitrogens with two attached hydrogens (primary N) is 1. The van der Waals surface area contributed by atoms with Gasteiger partial charge < -0.3 is 11.1 Å². The molecular weight excluding hydrogens is 316 g/mol. The summed E-state index contributed by atoms with van der Waals surface area (Å²) in [5.74, 6) is 0.715. The molecule has 0 atom stereocenters. The van der Waals surface area contributed by atoms with Crippen LogP contribution in [0.25, 0.3) is 21.5 Å². The molecule has 24 heavy (non-hydrogen) atoms. The first-order chi connectivity index (χ1) is 11.8. The third-order valence-corrected chi connectivity index (χ3v) is 4.72. The van der Waals surface area contributed by atoms with Gasteiger partial charge in [-0.1, -0.05) is 18.2 Å². The molecule has 0 radical (unpaired) electrons. The summed E-state index contributed by atoms with van der Waals surface area (Å²) in [5, 5.41) is 6.52. The number of aromatic nitrogens is 2. The van der Waals surface area contributed by atoms with Gasteiger partial charge in [-0.3, -0.25) is 4.98 Å². The van der Waals surface area contributed by atoms with Crippen LogP contribution in [-0.4, -0.2) is 9.97 Å². The normalized spacial score (nSPS) is 10.8. The van der Waals surface area contributed by atoms with Crippen LogP contribution in [0.3, 0.4) is 0 Å². The van der Waals surface area contributed by atoms with E-state index in [0.29, 0.717) is 18.1 Å². The van der Waals surface area contributed by atoms with Gasteiger partial charge in [0.25, 0.3) is 0 Å². The Kier molecular flexibility index (Phi) is 3.84. The maximum atomic E-state index is 6.07. The molecule has 3 N–H and O–H groups in total. The smallest absolute Gasteiger partial charge is 0.150 e. The van der Waals surface area contributed by atoms with Gasteiger partial charge in [0.05, 0.1) is 21.8 Å². The number of pyridine rings is 2. The molecule has 5 heteroatoms. The van der Waals surface area contributed by atoms with Gasteiger partial charge in [0.1, 0.15) is 5.82 Å². The van der Waals surface area contributed by atoms with Crippen molar-refractivity contribution in [2.45, 2.75) is 6.54 Å². The molecule has 0 fully saturated rings. The number of benzene rings is 1. The third-order valence-electron chi connectivity index (χ3n) is 3.83. The van der Waals surface area contributed by atoms with E-state index in [-0.39, 0.29) is 0 Å². The standard InChI is InChI=1S/C19H16N4S/c20-15-6-8-17(18-4-2-10-24-18)23-19(15)22-12-13-5-7-16-14(11-13)3-1-9-21-16/h1-11H,12,20H2,(H,22,23). The van der Waals surface area contributed by atoms with E-state index in [4.69, 9.17) is 5.73 Å². The average molecular weight is 332 g/mol. The Morgan fingerprint density at radius 3 is 2.88 bits per heavy atom. The largest absolute Gasteiger partial charge is 0.396 e. The van der Waals surface area contributed by atoms with Crippen molar-refractivity contribution in [2.24, 2.45) is 0 Å². The van der Waals surface area contributed by atoms with Gasteiger partial charge in [-0.25, -0.2) is 4.98 Å². The summed E-state index contributed by atoms with van der Waals surface area (Å²) in [5.41, 5.74) is 9.81. The first-order valence-corrected chi connectivity index (χ1v) is 8.55. The van der Waals surface area contributed by atoms with Crippen LogP contribution in [0, 0.1) is 0 Å². The number of nitrogen functional groups attached to an aromatic ring is 1. The first kappa shape index (κ1) is 14.7. The molecule has 4 aromatic rings. The quantitative estimate of drug-likeness (QED) is 0.575. The third kappa shape index (κ3) is 2.94. The van der Waals surface area contributed by atoms with Crippen LogP contribution < -0.4 is 11.1 Å². The number of rotatable bonds is 4. The molecule has 3 heterocycles. The summed E-state index contributed by atoms with van der Waals surface area (Å²) < 4.78 is 0. The van der Waals surface area contributed by atoms with E-state index in [2.05, 4.69) is 39.6 Å². The van der Waals surface area contributed by atoms with Gasteiger partial charge in [0.2, 0.25) is 0 Å². The van der Waals surface area contributed by atoms with Crippen molar-refractivity contribution >= 4 is 33.7 Å². The van der Waals surface area contributed by atoms with Gasteiger partial charge in [-0.05, 0) is 47.3 Å². The lowest BCUT2D eigenvalue weighted by molar-refractivity contribution is 1.12. The number of thiophene rings is 1. The summed E-state index contributed by atoms with van der Waals surface area (Å²) >= 11 is 1.67. The molecule has 118 valence electrons. The Labute approximate surface area is 144 Å². The number of hydrogen-bond donors (Lipinski definition) is 2. The predicted octanol–water partition coefficient (Wildman–Crippen LogP) is 4.55. The lowest BCUT2D eigenvalue weighted by Crippen LogP contribution is -2.05. The van der Waals surface area contributed by atoms with Gasteiger partial charge in [0, 0.05) is 18.1 Å². The second-order valence-corrected chi connectivity index (χ2v) is 6.44. The lowest BCUT2D eigenvalue weighted by atomic mass is 10.1. The molecule has 1 aromatic carbocycles. The van der Waals surface area contributed by atoms with Crippen molar-refractivity contribution in [1.82, 2.24) is 9.97 Å². The van der Waals surface area contributed by atoms with Gasteiger partial charge in [-0.15, -0.1) is 11.3 Å². The van der Waals surface area contributed by atoms with E-state index in [1.54, 1.807) is 17.5 Å². The van der Waals surface area contributed by atoms with Crippen LogP contribution >= 0.6 is 11.3 Å². The lowest BCUT2D eigenvalue weighted by Gasteiger charge is -2.10. The minimum Gasteiger partial charge on any atom is -0.396 e. The SMILES string of the molecule is Nc1ccc(-c2cccs2)nc1NCc1ccc2ncccc2c1. The summed E-state index contributed by atoms with van der Waals surface area (Å²) in [6, 6.07) is 18.2. The molecule has 0 unspecified atom stereocenters. The van der Waals surface area contributed by atoms with E-state index in [0.717, 1.165) is 21.5 Å². The van der Waals surface area contributed by atoms with Crippen molar-refractivity contribution in [3.8, 4) is 10.6 Å². The number of nitrogens with one attached hydrogen (secondary N) is 1. The summed E-state index contributed by atoms with van der Waals surface area (Å²) in [4.78, 5) is 10.1. The highest BCUT2D eigenvalue weighted by atomic mass is 32.1. The Morgan fingerprint density at radius 2 is 2.00 bits per heavy atom. The zero-order valence-corrected chi connectivity index (χ0v) is 13.8. The van der Waals surface area contributed by atoms with Gasteiger partial charge in [-0.2, -0.15) is 0 Å². The molecule has 0 saturated heterocycles. The zero-order chi connectivity index (χ0) is 16.4. The molecule has 4 nitrogen and oxygen atoms in total. The maximum Gasteiger partial charge on any atom is 0.150 e. The maximum absolute atomic E-state index is 6.07. The molecule has 0 aliphatic heterocycles. The molecule has 0 spiro atoms. The van der Waals surface area contributed by atoms with E-state index in [1.165, 1.54) is 5.56 Å². The minimum atomic E-state index is 0.651. The predicted molar refractivity (Wildman–Crippen MR) is 101 cm³/mol. The van der Waals surface area contributed by atoms with Crippen LogP contribution in [0.4, 0.5) is 11.5 Å². The van der Waals surface area contributed by atoms with Crippen molar-refractivity contribution in [1.29, 1.82) is 0 Å². The summed E-state index contributed by atoms with van der Waals surface area (Å²) in [6.45, 7) is 0.663. The van der Waals surface area contributed by atoms with E-state index >= 15 is 0 Å². The molecular formula is C19H16N4S. The minimum absolute atomic E-state index is 0.651. The van der Waals surface area contributed by atoms with E-state index in [9.17, 15) is 0 Å². The number of fused-ring (bicyclic) bond motifs is 1. The second-order valence-electron chi connectivity index (χ2n) is 5.50. The fourth-order valence-corrected chi connectivity index (χ4v) is 3.29. The molecule has 0 amide bonds. The van der Waals surface area contributed by atoms with Crippen molar-refractivity contribution in [2.75, 3.05) is 11.1 Å². The van der Waals surface area contributed by atoms with Crippen LogP contribution in [0.1, 0.15) is 5.56 Å². The monoisotopic (exact) mass is 332 g/mol. The number of nitrogens with zero attached hydrogens (tertiary/aromatic N) is 2. The molecule has 0 aliphatic rings. The number of anilines is 2. The Hall–Kier alpha value is -2.92. The van der Waals surface area contributed by atoms with Gasteiger partial charge >= 0.3 is 0 Å². The molecule has 0 aliphatic carbocycles. The van der Waals surface area contributed by atoms with Crippen LogP contribution in [-0.2, 0) is 6.54 Å². The fourth-order valence-electron chi connectivity index (χ4n) is 2.59. The zero-order valence-electron chi connectivity index (χ0n) is 12.9. The highest BCUT2D eigenvalue weighted by Gasteiger charge is 2.06. The molecule has 4 rings (SSSR count). The van der Waals surface area contributed by atoms with Crippen LogP contribution in [0.2, 0.25) is 0 Å². The Balaban J connectivity index is 1.57. The highest BCUT2D eigenvalue weighted by Crippen LogP contribution is 2.27. The summed E-state index contributed by atoms with van der Waals surface area (Å²) in [6.07, 6.45) is 1.81. The van der Waals surface area contributed by atoms with Gasteiger partial charge in [0.15, 0.2) is 0 Å². The van der Waals surface area contributed by atoms with E-state index < -0.39 is 0 Å². The highest BCUT2D eigenvalue weighted by molar-refractivity contribution is 7.13. The topological polar surface area (TPSA) is 63.8 Å². The summed E-state index contributed by atoms with van der Waals surface area (Å²) in [7, 11) is 0. The average Bonchev–Trinajstić information content (AvgIpc) is 3.15. The number of hydrogen-bond acceptors (Lipinski definition) is 5. The Bertz CT molecular complexity index is 980. The fraction of sp³-hybridized carbons (Fsp3) is 0.0526. The van der Waals surface area contributed by atoms with Crippen molar-refractivity contribution in [3.63, 3.8) is 0 Å². The van der Waals surface area contributed by atoms with Crippen molar-refractivity contribution in [3.05, 3.63) is 71.7 Å². The molecule has 3 aromatic heterocycles. The Morgan fingerprint density at radius 1 is 1.04 bits per heavy atom.